The van der Waals surface area contributed by atoms with Crippen molar-refractivity contribution in [3.63, 3.8) is 0 Å². The zero-order valence-corrected chi connectivity index (χ0v) is 13.9. The number of hydrogen-bond acceptors (Lipinski definition) is 3. The Morgan fingerprint density at radius 2 is 1.91 bits per heavy atom. The number of sulfonamides is 1. The lowest BCUT2D eigenvalue weighted by molar-refractivity contribution is -0.132. The summed E-state index contributed by atoms with van der Waals surface area (Å²) in [5.41, 5.74) is 0.610. The largest absolute Gasteiger partial charge is 0.341 e. The van der Waals surface area contributed by atoms with Crippen LogP contribution in [-0.4, -0.2) is 56.0 Å². The molecule has 0 spiro atoms. The molecule has 0 bridgehead atoms. The summed E-state index contributed by atoms with van der Waals surface area (Å²) in [6, 6.07) is 6.59. The highest BCUT2D eigenvalue weighted by molar-refractivity contribution is 7.88. The first-order valence-electron chi connectivity index (χ1n) is 7.86. The first-order chi connectivity index (χ1) is 10.9. The number of carbonyl (C=O) groups is 1. The zero-order valence-electron chi connectivity index (χ0n) is 13.1. The molecule has 1 heterocycles. The summed E-state index contributed by atoms with van der Waals surface area (Å²) in [4.78, 5) is 14.3. The second-order valence-electron chi connectivity index (χ2n) is 6.31. The van der Waals surface area contributed by atoms with Crippen LogP contribution < -0.4 is 0 Å². The summed E-state index contributed by atoms with van der Waals surface area (Å²) in [7, 11) is -3.22. The van der Waals surface area contributed by atoms with Gasteiger partial charge in [-0.15, -0.1) is 0 Å². The molecule has 7 heteroatoms. The molecule has 1 saturated carbocycles. The van der Waals surface area contributed by atoms with Gasteiger partial charge in [0.15, 0.2) is 0 Å². The van der Waals surface area contributed by atoms with Crippen molar-refractivity contribution >= 4 is 15.9 Å². The molecule has 0 radical (unpaired) electrons. The van der Waals surface area contributed by atoms with Crippen molar-refractivity contribution in [1.82, 2.24) is 9.21 Å². The number of carbonyl (C=O) groups excluding carboxylic acids is 1. The topological polar surface area (TPSA) is 57.7 Å². The van der Waals surface area contributed by atoms with Gasteiger partial charge >= 0.3 is 0 Å². The van der Waals surface area contributed by atoms with Crippen LogP contribution in [0.2, 0.25) is 0 Å². The normalized spacial score (nSPS) is 25.9. The molecule has 1 aliphatic carbocycles. The summed E-state index contributed by atoms with van der Waals surface area (Å²) in [5, 5.41) is 0. The summed E-state index contributed by atoms with van der Waals surface area (Å²) in [6.07, 6.45) is 2.50. The van der Waals surface area contributed by atoms with Crippen LogP contribution >= 0.6 is 0 Å². The van der Waals surface area contributed by atoms with Gasteiger partial charge in [0.25, 0.3) is 0 Å². The molecule has 2 fully saturated rings. The molecular weight excluding hydrogens is 319 g/mol. The molecule has 2 atom stereocenters. The lowest BCUT2D eigenvalue weighted by Crippen LogP contribution is -2.37. The van der Waals surface area contributed by atoms with E-state index in [1.165, 1.54) is 16.6 Å². The van der Waals surface area contributed by atoms with Crippen LogP contribution in [0.4, 0.5) is 4.39 Å². The molecule has 1 amide bonds. The van der Waals surface area contributed by atoms with Crippen molar-refractivity contribution in [2.24, 2.45) is 5.92 Å². The lowest BCUT2D eigenvalue weighted by atomic mass is 10.1. The van der Waals surface area contributed by atoms with Gasteiger partial charge in [-0.2, -0.15) is 0 Å². The zero-order chi connectivity index (χ0) is 16.6. The Hall–Kier alpha value is -1.47. The van der Waals surface area contributed by atoms with E-state index >= 15 is 0 Å². The van der Waals surface area contributed by atoms with Crippen LogP contribution in [0.3, 0.4) is 0 Å². The first kappa shape index (κ1) is 16.4. The molecular formula is C16H21FN2O3S. The Labute approximate surface area is 136 Å². The maximum Gasteiger partial charge on any atom is 0.226 e. The van der Waals surface area contributed by atoms with E-state index in [0.717, 1.165) is 0 Å². The van der Waals surface area contributed by atoms with Crippen molar-refractivity contribution in [2.75, 3.05) is 32.4 Å². The number of amides is 1. The van der Waals surface area contributed by atoms with Crippen LogP contribution in [0.1, 0.15) is 24.3 Å². The Bertz CT molecular complexity index is 707. The fraction of sp³-hybridized carbons (Fsp3) is 0.562. The van der Waals surface area contributed by atoms with E-state index in [2.05, 4.69) is 0 Å². The van der Waals surface area contributed by atoms with Gasteiger partial charge in [0, 0.05) is 32.1 Å². The lowest BCUT2D eigenvalue weighted by Gasteiger charge is -2.21. The minimum absolute atomic E-state index is 0.0219. The van der Waals surface area contributed by atoms with Crippen molar-refractivity contribution < 1.29 is 17.6 Å². The van der Waals surface area contributed by atoms with Gasteiger partial charge in [-0.3, -0.25) is 4.79 Å². The molecule has 0 aromatic heterocycles. The fourth-order valence-electron chi connectivity index (χ4n) is 3.27. The van der Waals surface area contributed by atoms with E-state index in [0.29, 0.717) is 44.6 Å². The molecule has 5 nitrogen and oxygen atoms in total. The Kier molecular flexibility index (Phi) is 4.42. The van der Waals surface area contributed by atoms with Crippen LogP contribution in [0.15, 0.2) is 24.3 Å². The number of benzene rings is 1. The molecule has 1 aliphatic heterocycles. The Balaban J connectivity index is 1.63. The average Bonchev–Trinajstić information content (AvgIpc) is 3.29. The van der Waals surface area contributed by atoms with Gasteiger partial charge in [-0.05, 0) is 30.4 Å². The van der Waals surface area contributed by atoms with Gasteiger partial charge < -0.3 is 4.90 Å². The second kappa shape index (κ2) is 6.20. The Morgan fingerprint density at radius 3 is 2.61 bits per heavy atom. The molecule has 2 unspecified atom stereocenters. The highest BCUT2D eigenvalue weighted by Gasteiger charge is 2.47. The molecule has 0 N–H and O–H groups in total. The highest BCUT2D eigenvalue weighted by Crippen LogP contribution is 2.49. The maximum absolute atomic E-state index is 13.8. The van der Waals surface area contributed by atoms with Gasteiger partial charge in [-0.25, -0.2) is 17.1 Å². The predicted molar refractivity (Wildman–Crippen MR) is 84.9 cm³/mol. The van der Waals surface area contributed by atoms with Crippen molar-refractivity contribution in [3.05, 3.63) is 35.6 Å². The molecule has 23 heavy (non-hydrogen) atoms. The number of halogens is 1. The summed E-state index contributed by atoms with van der Waals surface area (Å²) in [6.45, 7) is 1.75. The average molecular weight is 340 g/mol. The van der Waals surface area contributed by atoms with E-state index in [-0.39, 0.29) is 23.6 Å². The smallest absolute Gasteiger partial charge is 0.226 e. The van der Waals surface area contributed by atoms with Crippen molar-refractivity contribution in [3.8, 4) is 0 Å². The summed E-state index contributed by atoms with van der Waals surface area (Å²) < 4.78 is 38.5. The molecule has 126 valence electrons. The van der Waals surface area contributed by atoms with Crippen LogP contribution in [0, 0.1) is 11.7 Å². The summed E-state index contributed by atoms with van der Waals surface area (Å²) >= 11 is 0. The number of hydrogen-bond donors (Lipinski definition) is 0. The van der Waals surface area contributed by atoms with E-state index in [4.69, 9.17) is 0 Å². The number of rotatable bonds is 3. The van der Waals surface area contributed by atoms with Crippen LogP contribution in [-0.2, 0) is 14.8 Å². The van der Waals surface area contributed by atoms with Crippen LogP contribution in [0.25, 0.3) is 0 Å². The van der Waals surface area contributed by atoms with Gasteiger partial charge in [0.2, 0.25) is 15.9 Å². The third-order valence-electron chi connectivity index (χ3n) is 4.65. The molecule has 3 rings (SSSR count). The second-order valence-corrected chi connectivity index (χ2v) is 8.29. The van der Waals surface area contributed by atoms with Gasteiger partial charge in [0.05, 0.1) is 6.26 Å². The van der Waals surface area contributed by atoms with E-state index in [1.54, 1.807) is 23.1 Å². The van der Waals surface area contributed by atoms with E-state index in [9.17, 15) is 17.6 Å². The standard InChI is InChI=1S/C16H21FN2O3S/c1-23(21,22)19-8-4-7-18(9-10-19)16(20)14-11-13(14)12-5-2-3-6-15(12)17/h2-3,5-6,13-14H,4,7-11H2,1H3. The minimum Gasteiger partial charge on any atom is -0.341 e. The SMILES string of the molecule is CS(=O)(=O)N1CCCN(C(=O)C2CC2c2ccccc2F)CC1. The first-order valence-corrected chi connectivity index (χ1v) is 9.71. The quantitative estimate of drug-likeness (QED) is 0.836. The van der Waals surface area contributed by atoms with Crippen LogP contribution in [0.5, 0.6) is 0 Å². The van der Waals surface area contributed by atoms with Crippen molar-refractivity contribution in [1.29, 1.82) is 0 Å². The molecule has 1 aromatic rings. The fourth-order valence-corrected chi connectivity index (χ4v) is 4.14. The summed E-state index contributed by atoms with van der Waals surface area (Å²) in [5.74, 6) is -0.449. The highest BCUT2D eigenvalue weighted by atomic mass is 32.2. The van der Waals surface area contributed by atoms with Gasteiger partial charge in [-0.1, -0.05) is 18.2 Å². The monoisotopic (exact) mass is 340 g/mol. The van der Waals surface area contributed by atoms with Gasteiger partial charge in [0.1, 0.15) is 5.82 Å². The van der Waals surface area contributed by atoms with E-state index in [1.807, 2.05) is 0 Å². The third-order valence-corrected chi connectivity index (χ3v) is 5.95. The minimum atomic E-state index is -3.22. The third kappa shape index (κ3) is 3.55. The molecule has 1 aromatic carbocycles. The maximum atomic E-state index is 13.8. The molecule has 2 aliphatic rings. The van der Waals surface area contributed by atoms with E-state index < -0.39 is 10.0 Å². The Morgan fingerprint density at radius 1 is 1.17 bits per heavy atom. The number of nitrogens with zero attached hydrogens (tertiary/aromatic N) is 2. The van der Waals surface area contributed by atoms with Crippen molar-refractivity contribution in [2.45, 2.75) is 18.8 Å². The molecule has 1 saturated heterocycles. The predicted octanol–water partition coefficient (Wildman–Crippen LogP) is 1.42.